The SMILES string of the molecule is CC1=CC2=C(C1)[N+](CCCS(=O)(=O)O)=C(C=C1Cc3ccc(Cl)cc3N1C)C2. The van der Waals surface area contributed by atoms with Gasteiger partial charge >= 0.3 is 0 Å². The second-order valence-electron chi connectivity index (χ2n) is 7.74. The minimum atomic E-state index is -3.94. The highest BCUT2D eigenvalue weighted by atomic mass is 35.5. The average Bonchev–Trinajstić information content (AvgIpc) is 3.20. The van der Waals surface area contributed by atoms with Gasteiger partial charge in [-0.2, -0.15) is 13.0 Å². The van der Waals surface area contributed by atoms with Gasteiger partial charge in [-0.25, -0.2) is 0 Å². The summed E-state index contributed by atoms with van der Waals surface area (Å²) in [5, 5.41) is 0.730. The van der Waals surface area contributed by atoms with E-state index in [1.54, 1.807) is 0 Å². The van der Waals surface area contributed by atoms with Crippen molar-refractivity contribution in [1.29, 1.82) is 0 Å². The summed E-state index contributed by atoms with van der Waals surface area (Å²) in [4.78, 5) is 2.18. The lowest BCUT2D eigenvalue weighted by atomic mass is 10.1. The molecule has 1 N–H and O–H groups in total. The highest BCUT2D eigenvalue weighted by molar-refractivity contribution is 7.85. The summed E-state index contributed by atoms with van der Waals surface area (Å²) in [6.45, 7) is 2.71. The Labute approximate surface area is 171 Å². The molecule has 0 spiro atoms. The van der Waals surface area contributed by atoms with Crippen molar-refractivity contribution in [3.8, 4) is 0 Å². The molecule has 148 valence electrons. The van der Waals surface area contributed by atoms with Crippen LogP contribution in [0.4, 0.5) is 5.69 Å². The van der Waals surface area contributed by atoms with Gasteiger partial charge in [-0.1, -0.05) is 29.3 Å². The number of hydrogen-bond donors (Lipinski definition) is 1. The smallest absolute Gasteiger partial charge is 0.265 e. The van der Waals surface area contributed by atoms with Crippen LogP contribution in [0.1, 0.15) is 31.7 Å². The van der Waals surface area contributed by atoms with E-state index in [0.717, 1.165) is 30.0 Å². The first-order chi connectivity index (χ1) is 13.2. The van der Waals surface area contributed by atoms with E-state index in [2.05, 4.69) is 41.7 Å². The van der Waals surface area contributed by atoms with E-state index in [9.17, 15) is 8.42 Å². The number of hydrogen-bond acceptors (Lipinski definition) is 3. The van der Waals surface area contributed by atoms with Crippen LogP contribution in [0.2, 0.25) is 5.02 Å². The summed E-state index contributed by atoms with van der Waals surface area (Å²) in [6, 6.07) is 5.99. The van der Waals surface area contributed by atoms with Crippen molar-refractivity contribution in [2.24, 2.45) is 0 Å². The second kappa shape index (κ2) is 7.17. The van der Waals surface area contributed by atoms with Gasteiger partial charge in [0.1, 0.15) is 6.54 Å². The molecule has 0 saturated carbocycles. The van der Waals surface area contributed by atoms with Gasteiger partial charge in [-0.3, -0.25) is 4.55 Å². The number of likely N-dealkylation sites (N-methyl/N-ethyl adjacent to an activating group) is 1. The van der Waals surface area contributed by atoms with Gasteiger partial charge in [0.25, 0.3) is 10.1 Å². The Morgan fingerprint density at radius 1 is 1.29 bits per heavy atom. The van der Waals surface area contributed by atoms with Crippen molar-refractivity contribution in [3.63, 3.8) is 0 Å². The van der Waals surface area contributed by atoms with Crippen molar-refractivity contribution in [1.82, 2.24) is 0 Å². The maximum atomic E-state index is 11.1. The Hall–Kier alpha value is -1.89. The van der Waals surface area contributed by atoms with Crippen LogP contribution < -0.4 is 4.90 Å². The molecule has 5 nitrogen and oxygen atoms in total. The zero-order valence-electron chi connectivity index (χ0n) is 16.1. The highest BCUT2D eigenvalue weighted by Gasteiger charge is 2.35. The van der Waals surface area contributed by atoms with Crippen molar-refractivity contribution in [2.75, 3.05) is 24.2 Å². The molecule has 1 aromatic rings. The molecule has 0 fully saturated rings. The number of nitrogens with zero attached hydrogens (tertiary/aromatic N) is 2. The summed E-state index contributed by atoms with van der Waals surface area (Å²) < 4.78 is 33.5. The normalized spacial score (nSPS) is 20.4. The molecule has 0 aromatic heterocycles. The largest absolute Gasteiger partial charge is 0.347 e. The fraction of sp³-hybridized carbons (Fsp3) is 0.381. The Kier molecular flexibility index (Phi) is 4.98. The molecular formula is C21H24ClN2O3S+. The molecule has 2 aliphatic heterocycles. The van der Waals surface area contributed by atoms with E-state index < -0.39 is 10.1 Å². The van der Waals surface area contributed by atoms with E-state index in [0.29, 0.717) is 13.0 Å². The zero-order valence-corrected chi connectivity index (χ0v) is 17.6. The van der Waals surface area contributed by atoms with Crippen LogP contribution in [0.3, 0.4) is 0 Å². The summed E-state index contributed by atoms with van der Waals surface area (Å²) in [5.74, 6) is -0.216. The fourth-order valence-electron chi connectivity index (χ4n) is 4.32. The predicted molar refractivity (Wildman–Crippen MR) is 113 cm³/mol. The van der Waals surface area contributed by atoms with Crippen molar-refractivity contribution >= 4 is 33.1 Å². The van der Waals surface area contributed by atoms with Crippen LogP contribution in [0.5, 0.6) is 0 Å². The third kappa shape index (κ3) is 3.81. The quantitative estimate of drug-likeness (QED) is 0.579. The monoisotopic (exact) mass is 419 g/mol. The summed E-state index contributed by atoms with van der Waals surface area (Å²) in [6.07, 6.45) is 7.47. The highest BCUT2D eigenvalue weighted by Crippen LogP contribution is 2.37. The predicted octanol–water partition coefficient (Wildman–Crippen LogP) is 3.96. The topological polar surface area (TPSA) is 60.6 Å². The maximum Gasteiger partial charge on any atom is 0.265 e. The minimum absolute atomic E-state index is 0.216. The van der Waals surface area contributed by atoms with E-state index >= 15 is 0 Å². The summed E-state index contributed by atoms with van der Waals surface area (Å²) >= 11 is 6.16. The molecule has 28 heavy (non-hydrogen) atoms. The van der Waals surface area contributed by atoms with Crippen LogP contribution in [0.15, 0.2) is 52.9 Å². The first-order valence-corrected chi connectivity index (χ1v) is 11.4. The van der Waals surface area contributed by atoms with Gasteiger partial charge in [0.05, 0.1) is 18.6 Å². The van der Waals surface area contributed by atoms with E-state index in [1.165, 1.54) is 33.8 Å². The van der Waals surface area contributed by atoms with Gasteiger partial charge in [0.15, 0.2) is 11.4 Å². The lowest BCUT2D eigenvalue weighted by Crippen LogP contribution is -2.21. The average molecular weight is 420 g/mol. The fourth-order valence-corrected chi connectivity index (χ4v) is 4.98. The molecule has 1 aromatic carbocycles. The molecule has 0 atom stereocenters. The van der Waals surface area contributed by atoms with Crippen molar-refractivity contribution in [2.45, 2.75) is 32.6 Å². The van der Waals surface area contributed by atoms with E-state index in [1.807, 2.05) is 12.1 Å². The first kappa shape index (κ1) is 19.4. The minimum Gasteiger partial charge on any atom is -0.347 e. The van der Waals surface area contributed by atoms with Crippen LogP contribution in [-0.4, -0.2) is 42.6 Å². The number of benzene rings is 1. The third-order valence-electron chi connectivity index (χ3n) is 5.61. The lowest BCUT2D eigenvalue weighted by molar-refractivity contribution is -0.475. The van der Waals surface area contributed by atoms with Gasteiger partial charge < -0.3 is 4.90 Å². The molecule has 4 rings (SSSR count). The molecule has 1 aliphatic carbocycles. The first-order valence-electron chi connectivity index (χ1n) is 9.42. The summed E-state index contributed by atoms with van der Waals surface area (Å²) in [7, 11) is -1.89. The van der Waals surface area contributed by atoms with Crippen molar-refractivity contribution in [3.05, 3.63) is 63.5 Å². The molecular weight excluding hydrogens is 396 g/mol. The van der Waals surface area contributed by atoms with Crippen LogP contribution in [-0.2, 0) is 16.5 Å². The standard InChI is InChI=1S/C21H23ClN2O3S/c1-14-8-16-11-19(24(21(16)9-14)6-3-7-28(25,26)27)13-18-10-15-4-5-17(22)12-20(15)23(18)2/h4-5,8,12-13H,3,6-7,9-11H2,1-2H3/p+1. The molecule has 7 heteroatoms. The zero-order chi connectivity index (χ0) is 20.1. The number of allylic oxidation sites excluding steroid dienone is 5. The number of anilines is 1. The Balaban J connectivity index is 1.62. The Morgan fingerprint density at radius 2 is 2.07 bits per heavy atom. The molecule has 2 heterocycles. The Bertz CT molecular complexity index is 1080. The van der Waals surface area contributed by atoms with Crippen LogP contribution in [0, 0.1) is 0 Å². The molecule has 0 saturated heterocycles. The maximum absolute atomic E-state index is 11.1. The number of halogens is 1. The lowest BCUT2D eigenvalue weighted by Gasteiger charge is -2.15. The van der Waals surface area contributed by atoms with Crippen LogP contribution >= 0.6 is 11.6 Å². The van der Waals surface area contributed by atoms with E-state index in [4.69, 9.17) is 16.2 Å². The molecule has 0 unspecified atom stereocenters. The molecule has 0 radical (unpaired) electrons. The number of fused-ring (bicyclic) bond motifs is 1. The van der Waals surface area contributed by atoms with Crippen molar-refractivity contribution < 1.29 is 17.5 Å². The molecule has 3 aliphatic rings. The molecule has 0 amide bonds. The number of rotatable bonds is 5. The molecule has 0 bridgehead atoms. The Morgan fingerprint density at radius 3 is 2.82 bits per heavy atom. The van der Waals surface area contributed by atoms with Gasteiger partial charge in [0.2, 0.25) is 0 Å². The van der Waals surface area contributed by atoms with E-state index in [-0.39, 0.29) is 5.75 Å². The third-order valence-corrected chi connectivity index (χ3v) is 6.65. The van der Waals surface area contributed by atoms with Gasteiger partial charge in [-0.05, 0) is 24.6 Å². The summed E-state index contributed by atoms with van der Waals surface area (Å²) in [5.41, 5.74) is 8.69. The van der Waals surface area contributed by atoms with Gasteiger partial charge in [0, 0.05) is 47.9 Å². The second-order valence-corrected chi connectivity index (χ2v) is 9.75. The van der Waals surface area contributed by atoms with Gasteiger partial charge in [-0.15, -0.1) is 0 Å². The van der Waals surface area contributed by atoms with Crippen LogP contribution in [0.25, 0.3) is 0 Å².